The Morgan fingerprint density at radius 3 is 2.42 bits per heavy atom. The molecule has 124 valence electrons. The van der Waals surface area contributed by atoms with E-state index < -0.39 is 5.60 Å². The number of carbonyl (C=O) groups is 1. The molecule has 0 saturated carbocycles. The van der Waals surface area contributed by atoms with Crippen LogP contribution < -0.4 is 0 Å². The van der Waals surface area contributed by atoms with E-state index in [4.69, 9.17) is 0 Å². The van der Waals surface area contributed by atoms with E-state index in [0.717, 1.165) is 16.5 Å². The topological polar surface area (TPSA) is 56.3 Å². The molecule has 0 saturated heterocycles. The SMILES string of the molecule is CC(C)(O)CN(Cc1ccccc1)C(=O)c1cc2ccccc2[nH]1. The normalized spacial score (nSPS) is 11.6. The van der Waals surface area contributed by atoms with Crippen LogP contribution in [0.15, 0.2) is 60.7 Å². The van der Waals surface area contributed by atoms with Gasteiger partial charge in [-0.3, -0.25) is 4.79 Å². The van der Waals surface area contributed by atoms with Crippen molar-refractivity contribution in [3.8, 4) is 0 Å². The summed E-state index contributed by atoms with van der Waals surface area (Å²) in [6.07, 6.45) is 0. The maximum absolute atomic E-state index is 13.0. The molecule has 0 atom stereocenters. The summed E-state index contributed by atoms with van der Waals surface area (Å²) < 4.78 is 0. The van der Waals surface area contributed by atoms with Crippen LogP contribution in [0.3, 0.4) is 0 Å². The minimum Gasteiger partial charge on any atom is -0.389 e. The highest BCUT2D eigenvalue weighted by Gasteiger charge is 2.24. The van der Waals surface area contributed by atoms with E-state index in [1.165, 1.54) is 0 Å². The molecule has 4 heteroatoms. The van der Waals surface area contributed by atoms with E-state index in [2.05, 4.69) is 4.98 Å². The molecular weight excluding hydrogens is 300 g/mol. The van der Waals surface area contributed by atoms with E-state index in [9.17, 15) is 9.90 Å². The quantitative estimate of drug-likeness (QED) is 0.754. The van der Waals surface area contributed by atoms with Crippen LogP contribution in [0.2, 0.25) is 0 Å². The molecule has 3 aromatic rings. The lowest BCUT2D eigenvalue weighted by Crippen LogP contribution is -2.41. The molecule has 0 aliphatic rings. The first-order chi connectivity index (χ1) is 11.4. The molecule has 2 N–H and O–H groups in total. The van der Waals surface area contributed by atoms with E-state index in [1.807, 2.05) is 60.7 Å². The lowest BCUT2D eigenvalue weighted by Gasteiger charge is -2.29. The Bertz CT molecular complexity index is 798. The van der Waals surface area contributed by atoms with Crippen molar-refractivity contribution < 1.29 is 9.90 Å². The largest absolute Gasteiger partial charge is 0.389 e. The van der Waals surface area contributed by atoms with E-state index >= 15 is 0 Å². The van der Waals surface area contributed by atoms with E-state index in [1.54, 1.807) is 18.7 Å². The van der Waals surface area contributed by atoms with Gasteiger partial charge in [-0.15, -0.1) is 0 Å². The average Bonchev–Trinajstić information content (AvgIpc) is 2.97. The number of aliphatic hydroxyl groups is 1. The van der Waals surface area contributed by atoms with Gasteiger partial charge in [0.1, 0.15) is 5.69 Å². The molecule has 0 bridgehead atoms. The minimum atomic E-state index is -0.962. The van der Waals surface area contributed by atoms with E-state index in [0.29, 0.717) is 12.2 Å². The number of fused-ring (bicyclic) bond motifs is 1. The van der Waals surface area contributed by atoms with Crippen LogP contribution in [0.25, 0.3) is 10.9 Å². The predicted molar refractivity (Wildman–Crippen MR) is 95.8 cm³/mol. The molecule has 0 fully saturated rings. The number of carbonyl (C=O) groups excluding carboxylic acids is 1. The van der Waals surface area contributed by atoms with Crippen molar-refractivity contribution in [1.29, 1.82) is 0 Å². The summed E-state index contributed by atoms with van der Waals surface area (Å²) in [6, 6.07) is 19.5. The summed E-state index contributed by atoms with van der Waals surface area (Å²) in [5, 5.41) is 11.2. The standard InChI is InChI=1S/C20H22N2O2/c1-20(2,24)14-22(13-15-8-4-3-5-9-15)19(23)18-12-16-10-6-7-11-17(16)21-18/h3-12,21,24H,13-14H2,1-2H3. The van der Waals surface area contributed by atoms with Gasteiger partial charge in [-0.05, 0) is 31.5 Å². The fraction of sp³-hybridized carbons (Fsp3) is 0.250. The Morgan fingerprint density at radius 1 is 1.08 bits per heavy atom. The highest BCUT2D eigenvalue weighted by molar-refractivity contribution is 5.98. The summed E-state index contributed by atoms with van der Waals surface area (Å²) in [5.41, 5.74) is 1.54. The molecule has 1 aromatic heterocycles. The lowest BCUT2D eigenvalue weighted by atomic mass is 10.1. The highest BCUT2D eigenvalue weighted by Crippen LogP contribution is 2.18. The summed E-state index contributed by atoms with van der Waals surface area (Å²) in [6.45, 7) is 4.14. The Hall–Kier alpha value is -2.59. The summed E-state index contributed by atoms with van der Waals surface area (Å²) >= 11 is 0. The van der Waals surface area contributed by atoms with Gasteiger partial charge in [-0.1, -0.05) is 48.5 Å². The van der Waals surface area contributed by atoms with Crippen molar-refractivity contribution in [1.82, 2.24) is 9.88 Å². The van der Waals surface area contributed by atoms with Crippen molar-refractivity contribution in [2.45, 2.75) is 26.0 Å². The number of rotatable bonds is 5. The fourth-order valence-electron chi connectivity index (χ4n) is 2.83. The lowest BCUT2D eigenvalue weighted by molar-refractivity contribution is 0.0277. The van der Waals surface area contributed by atoms with Crippen molar-refractivity contribution in [3.05, 3.63) is 71.9 Å². The minimum absolute atomic E-state index is 0.114. The van der Waals surface area contributed by atoms with Gasteiger partial charge in [0.05, 0.1) is 5.60 Å². The van der Waals surface area contributed by atoms with Crippen molar-refractivity contribution in [3.63, 3.8) is 0 Å². The van der Waals surface area contributed by atoms with Crippen LogP contribution in [-0.2, 0) is 6.54 Å². The summed E-state index contributed by atoms with van der Waals surface area (Å²) in [7, 11) is 0. The second-order valence-electron chi connectivity index (χ2n) is 6.73. The first kappa shape index (κ1) is 16.3. The van der Waals surface area contributed by atoms with Gasteiger partial charge >= 0.3 is 0 Å². The van der Waals surface area contributed by atoms with Crippen molar-refractivity contribution >= 4 is 16.8 Å². The molecule has 0 unspecified atom stereocenters. The second-order valence-corrected chi connectivity index (χ2v) is 6.73. The van der Waals surface area contributed by atoms with Crippen molar-refractivity contribution in [2.24, 2.45) is 0 Å². The Balaban J connectivity index is 1.89. The number of H-pyrrole nitrogens is 1. The number of hydrogen-bond acceptors (Lipinski definition) is 2. The Labute approximate surface area is 141 Å². The third-order valence-corrected chi connectivity index (χ3v) is 3.84. The molecule has 1 heterocycles. The Kier molecular flexibility index (Phi) is 4.40. The molecule has 4 nitrogen and oxygen atoms in total. The van der Waals surface area contributed by atoms with Gasteiger partial charge in [-0.25, -0.2) is 0 Å². The second kappa shape index (κ2) is 6.49. The monoisotopic (exact) mass is 322 g/mol. The third-order valence-electron chi connectivity index (χ3n) is 3.84. The maximum atomic E-state index is 13.0. The van der Waals surface area contributed by atoms with Crippen LogP contribution in [0.1, 0.15) is 29.9 Å². The molecule has 0 aliphatic carbocycles. The zero-order valence-corrected chi connectivity index (χ0v) is 14.0. The number of amides is 1. The van der Waals surface area contributed by atoms with Crippen LogP contribution >= 0.6 is 0 Å². The smallest absolute Gasteiger partial charge is 0.270 e. The van der Waals surface area contributed by atoms with Crippen LogP contribution in [0.4, 0.5) is 0 Å². The van der Waals surface area contributed by atoms with Crippen LogP contribution in [0, 0.1) is 0 Å². The number of hydrogen-bond donors (Lipinski definition) is 2. The van der Waals surface area contributed by atoms with Gasteiger partial charge in [0.15, 0.2) is 0 Å². The highest BCUT2D eigenvalue weighted by atomic mass is 16.3. The molecule has 0 spiro atoms. The molecule has 1 amide bonds. The molecule has 3 rings (SSSR count). The van der Waals surface area contributed by atoms with Crippen molar-refractivity contribution in [2.75, 3.05) is 6.54 Å². The van der Waals surface area contributed by atoms with E-state index in [-0.39, 0.29) is 12.5 Å². The number of nitrogens with zero attached hydrogens (tertiary/aromatic N) is 1. The molecule has 0 aliphatic heterocycles. The zero-order chi connectivity index (χ0) is 17.2. The molecular formula is C20H22N2O2. The molecule has 24 heavy (non-hydrogen) atoms. The van der Waals surface area contributed by atoms with Crippen LogP contribution in [0.5, 0.6) is 0 Å². The Morgan fingerprint density at radius 2 is 1.75 bits per heavy atom. The number of aromatic nitrogens is 1. The zero-order valence-electron chi connectivity index (χ0n) is 14.0. The van der Waals surface area contributed by atoms with Gasteiger partial charge in [0.25, 0.3) is 5.91 Å². The molecule has 2 aromatic carbocycles. The van der Waals surface area contributed by atoms with Gasteiger partial charge in [-0.2, -0.15) is 0 Å². The first-order valence-corrected chi connectivity index (χ1v) is 8.06. The first-order valence-electron chi connectivity index (χ1n) is 8.06. The maximum Gasteiger partial charge on any atom is 0.270 e. The average molecular weight is 322 g/mol. The number of aromatic amines is 1. The summed E-state index contributed by atoms with van der Waals surface area (Å²) in [4.78, 5) is 17.8. The van der Waals surface area contributed by atoms with Gasteiger partial charge in [0.2, 0.25) is 0 Å². The fourth-order valence-corrected chi connectivity index (χ4v) is 2.83. The third kappa shape index (κ3) is 3.84. The van der Waals surface area contributed by atoms with Crippen LogP contribution in [-0.4, -0.2) is 33.0 Å². The number of nitrogens with one attached hydrogen (secondary N) is 1. The predicted octanol–water partition coefficient (Wildman–Crippen LogP) is 3.58. The molecule has 0 radical (unpaired) electrons. The number of para-hydroxylation sites is 1. The number of benzene rings is 2. The van der Waals surface area contributed by atoms with Gasteiger partial charge in [0, 0.05) is 24.0 Å². The summed E-state index contributed by atoms with van der Waals surface area (Å²) in [5.74, 6) is -0.114. The van der Waals surface area contributed by atoms with Gasteiger partial charge < -0.3 is 15.0 Å².